The van der Waals surface area contributed by atoms with Crippen molar-refractivity contribution in [1.82, 2.24) is 4.90 Å². The molecule has 0 spiro atoms. The van der Waals surface area contributed by atoms with Crippen LogP contribution in [0.25, 0.3) is 32.7 Å². The summed E-state index contributed by atoms with van der Waals surface area (Å²) in [6.45, 7) is 2.25. The van der Waals surface area contributed by atoms with E-state index in [-0.39, 0.29) is 5.78 Å². The normalized spacial score (nSPS) is 11.4. The van der Waals surface area contributed by atoms with E-state index in [1.54, 1.807) is 0 Å². The van der Waals surface area contributed by atoms with Crippen LogP contribution in [-0.2, 0) is 13.2 Å². The third-order valence-electron chi connectivity index (χ3n) is 8.18. The molecular weight excluding hydrogens is 586 g/mol. The molecule has 0 saturated carbocycles. The van der Waals surface area contributed by atoms with Gasteiger partial charge in [0.2, 0.25) is 0 Å². The largest absolute Gasteiger partial charge is 0.492 e. The molecule has 0 aliphatic heterocycles. The van der Waals surface area contributed by atoms with Crippen molar-refractivity contribution in [1.29, 1.82) is 0 Å². The summed E-state index contributed by atoms with van der Waals surface area (Å²) in [4.78, 5) is 16.2. The van der Waals surface area contributed by atoms with Crippen molar-refractivity contribution >= 4 is 38.5 Å². The molecule has 0 amide bonds. The van der Waals surface area contributed by atoms with Gasteiger partial charge in [0.1, 0.15) is 48.2 Å². The van der Waals surface area contributed by atoms with Crippen molar-refractivity contribution in [3.8, 4) is 17.2 Å². The lowest BCUT2D eigenvalue weighted by Crippen LogP contribution is -2.19. The minimum absolute atomic E-state index is 0.107. The van der Waals surface area contributed by atoms with Crippen molar-refractivity contribution < 1.29 is 23.4 Å². The van der Waals surface area contributed by atoms with Crippen LogP contribution in [0.2, 0.25) is 0 Å². The molecule has 0 fully saturated rings. The van der Waals surface area contributed by atoms with Crippen molar-refractivity contribution in [2.24, 2.45) is 0 Å². The number of furan rings is 1. The molecule has 1 heterocycles. The fourth-order valence-electron chi connectivity index (χ4n) is 5.70. The van der Waals surface area contributed by atoms with Gasteiger partial charge in [-0.3, -0.25) is 4.79 Å². The van der Waals surface area contributed by atoms with E-state index in [1.165, 1.54) is 0 Å². The van der Waals surface area contributed by atoms with Crippen molar-refractivity contribution in [3.63, 3.8) is 0 Å². The quantitative estimate of drug-likeness (QED) is 0.127. The molecular formula is C41H35NO5. The summed E-state index contributed by atoms with van der Waals surface area (Å²) >= 11 is 0. The third-order valence-corrected chi connectivity index (χ3v) is 8.18. The van der Waals surface area contributed by atoms with Gasteiger partial charge in [0.05, 0.1) is 0 Å². The van der Waals surface area contributed by atoms with Gasteiger partial charge in [0, 0.05) is 34.5 Å². The van der Waals surface area contributed by atoms with Crippen LogP contribution in [0.15, 0.2) is 132 Å². The van der Waals surface area contributed by atoms with Gasteiger partial charge >= 0.3 is 0 Å². The molecule has 1 aromatic heterocycles. The molecule has 6 aromatic carbocycles. The summed E-state index contributed by atoms with van der Waals surface area (Å²) in [5.41, 5.74) is 4.59. The molecule has 0 aliphatic rings. The number of ether oxygens (including phenoxy) is 3. The highest BCUT2D eigenvalue weighted by Gasteiger charge is 2.20. The highest BCUT2D eigenvalue weighted by molar-refractivity contribution is 6.26. The van der Waals surface area contributed by atoms with Crippen LogP contribution in [0.5, 0.6) is 17.2 Å². The van der Waals surface area contributed by atoms with Crippen LogP contribution in [0, 0.1) is 0 Å². The number of hydrogen-bond donors (Lipinski definition) is 0. The molecule has 7 aromatic rings. The van der Waals surface area contributed by atoms with E-state index in [4.69, 9.17) is 18.6 Å². The Kier molecular flexibility index (Phi) is 8.58. The molecule has 0 saturated heterocycles. The van der Waals surface area contributed by atoms with Crippen LogP contribution < -0.4 is 14.2 Å². The van der Waals surface area contributed by atoms with Gasteiger partial charge in [-0.25, -0.2) is 0 Å². The molecule has 6 nitrogen and oxygen atoms in total. The fraction of sp³-hybridized carbons (Fsp3) is 0.146. The lowest BCUT2D eigenvalue weighted by Gasteiger charge is -2.12. The Labute approximate surface area is 273 Å². The van der Waals surface area contributed by atoms with Gasteiger partial charge in [-0.2, -0.15) is 0 Å². The number of benzene rings is 6. The first-order valence-corrected chi connectivity index (χ1v) is 15.7. The second kappa shape index (κ2) is 13.4. The summed E-state index contributed by atoms with van der Waals surface area (Å²) in [6.07, 6.45) is 0. The number of ketones is 1. The number of hydrogen-bond acceptors (Lipinski definition) is 6. The van der Waals surface area contributed by atoms with Gasteiger partial charge in [-0.1, -0.05) is 60.7 Å². The topological polar surface area (TPSA) is 61.1 Å². The third kappa shape index (κ3) is 6.69. The summed E-state index contributed by atoms with van der Waals surface area (Å²) in [5.74, 6) is 2.02. The van der Waals surface area contributed by atoms with E-state index in [2.05, 4.69) is 4.90 Å². The Morgan fingerprint density at radius 2 is 1.19 bits per heavy atom. The molecule has 0 atom stereocenters. The monoisotopic (exact) mass is 621 g/mol. The highest BCUT2D eigenvalue weighted by Crippen LogP contribution is 2.40. The molecule has 0 N–H and O–H groups in total. The molecule has 0 aliphatic carbocycles. The maximum atomic E-state index is 14.1. The maximum Gasteiger partial charge on any atom is 0.193 e. The number of fused-ring (bicyclic) bond motifs is 5. The van der Waals surface area contributed by atoms with Crippen LogP contribution in [0.3, 0.4) is 0 Å². The maximum absolute atomic E-state index is 14.1. The smallest absolute Gasteiger partial charge is 0.193 e. The van der Waals surface area contributed by atoms with E-state index in [0.29, 0.717) is 53.6 Å². The number of carbonyl (C=O) groups excluding carboxylic acids is 1. The van der Waals surface area contributed by atoms with Crippen LogP contribution in [0.1, 0.15) is 27.0 Å². The first-order valence-electron chi connectivity index (χ1n) is 15.7. The van der Waals surface area contributed by atoms with E-state index in [0.717, 1.165) is 45.0 Å². The van der Waals surface area contributed by atoms with Gasteiger partial charge in [0.15, 0.2) is 5.78 Å². The lowest BCUT2D eigenvalue weighted by atomic mass is 9.94. The van der Waals surface area contributed by atoms with Crippen molar-refractivity contribution in [2.45, 2.75) is 13.2 Å². The Hall–Kier alpha value is -5.59. The minimum atomic E-state index is -0.107. The molecule has 47 heavy (non-hydrogen) atoms. The molecule has 0 radical (unpaired) electrons. The molecule has 7 rings (SSSR count). The van der Waals surface area contributed by atoms with E-state index in [9.17, 15) is 4.79 Å². The standard InChI is InChI=1S/C41H35NO5/c1-42(2)21-22-44-31-15-13-30(14-16-31)41(43)37-25-39-40(34-19-17-32(23-36(34)37)45-26-28-9-5-3-6-10-28)35-20-18-33(24-38(35)47-39)46-27-29-11-7-4-8-12-29/h3-20,23-25H,21-22,26-27H2,1-2H3. The minimum Gasteiger partial charge on any atom is -0.492 e. The predicted molar refractivity (Wildman–Crippen MR) is 187 cm³/mol. The average Bonchev–Trinajstić information content (AvgIpc) is 3.48. The second-order valence-electron chi connectivity index (χ2n) is 11.8. The molecule has 0 bridgehead atoms. The zero-order valence-electron chi connectivity index (χ0n) is 26.4. The fourth-order valence-corrected chi connectivity index (χ4v) is 5.70. The highest BCUT2D eigenvalue weighted by atomic mass is 16.5. The zero-order chi connectivity index (χ0) is 32.2. The van der Waals surface area contributed by atoms with Crippen LogP contribution in [-0.4, -0.2) is 37.9 Å². The molecule has 6 heteroatoms. The van der Waals surface area contributed by atoms with E-state index in [1.807, 2.05) is 141 Å². The SMILES string of the molecule is CN(C)CCOc1ccc(C(=O)c2cc3oc4cc(OCc5ccccc5)ccc4c3c3ccc(OCc4ccccc4)cc23)cc1. The average molecular weight is 622 g/mol. The summed E-state index contributed by atoms with van der Waals surface area (Å²) < 4.78 is 24.6. The Bertz CT molecular complexity index is 2150. The number of rotatable bonds is 12. The Balaban J connectivity index is 1.26. The summed E-state index contributed by atoms with van der Waals surface area (Å²) in [7, 11) is 4.01. The number of likely N-dealkylation sites (N-methyl/N-ethyl adjacent to an activating group) is 1. The number of nitrogens with zero attached hydrogens (tertiary/aromatic N) is 1. The van der Waals surface area contributed by atoms with Gasteiger partial charge < -0.3 is 23.5 Å². The summed E-state index contributed by atoms with van der Waals surface area (Å²) in [6, 6.07) is 41.1. The van der Waals surface area contributed by atoms with Crippen LogP contribution in [0.4, 0.5) is 0 Å². The Morgan fingerprint density at radius 3 is 1.83 bits per heavy atom. The lowest BCUT2D eigenvalue weighted by molar-refractivity contribution is 0.104. The predicted octanol–water partition coefficient (Wildman–Crippen LogP) is 9.07. The first kappa shape index (κ1) is 30.1. The summed E-state index contributed by atoms with van der Waals surface area (Å²) in [5, 5.41) is 3.61. The first-order chi connectivity index (χ1) is 23.0. The molecule has 0 unspecified atom stereocenters. The number of carbonyl (C=O) groups is 1. The second-order valence-corrected chi connectivity index (χ2v) is 11.8. The zero-order valence-corrected chi connectivity index (χ0v) is 26.4. The van der Waals surface area contributed by atoms with E-state index >= 15 is 0 Å². The van der Waals surface area contributed by atoms with Gasteiger partial charge in [-0.05, 0) is 96.7 Å². The Morgan fingerprint density at radius 1 is 0.596 bits per heavy atom. The molecule has 234 valence electrons. The van der Waals surface area contributed by atoms with Gasteiger partial charge in [0.25, 0.3) is 0 Å². The van der Waals surface area contributed by atoms with E-state index < -0.39 is 0 Å². The van der Waals surface area contributed by atoms with Crippen LogP contribution >= 0.6 is 0 Å². The van der Waals surface area contributed by atoms with Crippen molar-refractivity contribution in [2.75, 3.05) is 27.2 Å². The van der Waals surface area contributed by atoms with Crippen molar-refractivity contribution in [3.05, 3.63) is 150 Å². The van der Waals surface area contributed by atoms with Gasteiger partial charge in [-0.15, -0.1) is 0 Å².